The van der Waals surface area contributed by atoms with Crippen LogP contribution in [0.25, 0.3) is 0 Å². The van der Waals surface area contributed by atoms with E-state index < -0.39 is 5.97 Å². The molecule has 1 N–H and O–H groups in total. The van der Waals surface area contributed by atoms with Gasteiger partial charge in [-0.25, -0.2) is 4.79 Å². The smallest absolute Gasteiger partial charge is 0.328 e. The summed E-state index contributed by atoms with van der Waals surface area (Å²) in [5, 5.41) is 8.38. The zero-order chi connectivity index (χ0) is 16.5. The highest BCUT2D eigenvalue weighted by Gasteiger charge is 1.93. The highest BCUT2D eigenvalue weighted by Crippen LogP contribution is 2.10. The molecular weight excluding hydrogens is 272 g/mol. The van der Waals surface area contributed by atoms with Crippen molar-refractivity contribution in [3.63, 3.8) is 0 Å². The normalized spacial score (nSPS) is 13.0. The van der Waals surface area contributed by atoms with Gasteiger partial charge in [0.1, 0.15) is 0 Å². The molecule has 0 aromatic heterocycles. The predicted molar refractivity (Wildman–Crippen MR) is 95.9 cm³/mol. The monoisotopic (exact) mass is 302 g/mol. The summed E-state index contributed by atoms with van der Waals surface area (Å²) in [6, 6.07) is 0. The lowest BCUT2D eigenvalue weighted by Crippen LogP contribution is -1.86. The van der Waals surface area contributed by atoms with Crippen LogP contribution in [-0.2, 0) is 4.79 Å². The molecule has 0 aromatic carbocycles. The number of hydrogen-bond acceptors (Lipinski definition) is 1. The van der Waals surface area contributed by atoms with Crippen molar-refractivity contribution < 1.29 is 9.90 Å². The van der Waals surface area contributed by atoms with Crippen molar-refractivity contribution in [2.24, 2.45) is 5.92 Å². The zero-order valence-corrected chi connectivity index (χ0v) is 13.9. The predicted octanol–water partition coefficient (Wildman–Crippen LogP) is 5.85. The van der Waals surface area contributed by atoms with Crippen LogP contribution < -0.4 is 0 Å². The van der Waals surface area contributed by atoms with Gasteiger partial charge in [0.25, 0.3) is 0 Å². The first-order valence-electron chi connectivity index (χ1n) is 8.19. The third kappa shape index (κ3) is 18.2. The Bertz CT molecular complexity index is 409. The second-order valence-corrected chi connectivity index (χ2v) is 5.67. The summed E-state index contributed by atoms with van der Waals surface area (Å²) in [7, 11) is 0. The lowest BCUT2D eigenvalue weighted by molar-refractivity contribution is -0.131. The van der Waals surface area contributed by atoms with Crippen molar-refractivity contribution in [3.05, 3.63) is 60.8 Å². The van der Waals surface area contributed by atoms with E-state index in [0.717, 1.165) is 18.4 Å². The Morgan fingerprint density at radius 1 is 0.818 bits per heavy atom. The molecule has 0 aromatic rings. The van der Waals surface area contributed by atoms with Gasteiger partial charge in [0.15, 0.2) is 0 Å². The first kappa shape index (κ1) is 20.2. The molecule has 0 amide bonds. The standard InChI is InChI=1S/C20H30O2/c1-19(2)17-15-13-11-9-7-5-3-4-6-8-10-12-14-16-18-20(21)22/h3-6,8,10,12,14,16,18-19H,7,9,11,13,15,17H2,1-2H3,(H,21,22). The summed E-state index contributed by atoms with van der Waals surface area (Å²) in [4.78, 5) is 10.2. The Hall–Kier alpha value is -1.83. The van der Waals surface area contributed by atoms with E-state index in [0.29, 0.717) is 0 Å². The van der Waals surface area contributed by atoms with Crippen LogP contribution in [0.3, 0.4) is 0 Å². The summed E-state index contributed by atoms with van der Waals surface area (Å²) in [6.07, 6.45) is 25.9. The lowest BCUT2D eigenvalue weighted by Gasteiger charge is -2.02. The summed E-state index contributed by atoms with van der Waals surface area (Å²) >= 11 is 0. The molecule has 0 saturated carbocycles. The van der Waals surface area contributed by atoms with Crippen LogP contribution in [0.2, 0.25) is 0 Å². The van der Waals surface area contributed by atoms with Crippen LogP contribution in [0.4, 0.5) is 0 Å². The number of carboxylic acid groups (broad SMARTS) is 1. The summed E-state index contributed by atoms with van der Waals surface area (Å²) < 4.78 is 0. The van der Waals surface area contributed by atoms with Crippen LogP contribution >= 0.6 is 0 Å². The van der Waals surface area contributed by atoms with Crippen molar-refractivity contribution in [2.45, 2.75) is 52.4 Å². The first-order chi connectivity index (χ1) is 10.6. The highest BCUT2D eigenvalue weighted by atomic mass is 16.4. The molecule has 0 atom stereocenters. The SMILES string of the molecule is CC(C)CCCCCCC=CC=CC=CC=CC=CC(=O)O. The Balaban J connectivity index is 3.54. The zero-order valence-electron chi connectivity index (χ0n) is 13.9. The van der Waals surface area contributed by atoms with Crippen LogP contribution in [0.15, 0.2) is 60.8 Å². The van der Waals surface area contributed by atoms with Crippen molar-refractivity contribution in [1.29, 1.82) is 0 Å². The maximum atomic E-state index is 10.2. The maximum Gasteiger partial charge on any atom is 0.328 e. The van der Waals surface area contributed by atoms with Gasteiger partial charge >= 0.3 is 5.97 Å². The number of aliphatic carboxylic acids is 1. The van der Waals surface area contributed by atoms with Gasteiger partial charge in [-0.05, 0) is 18.8 Å². The van der Waals surface area contributed by atoms with Crippen LogP contribution in [-0.4, -0.2) is 11.1 Å². The summed E-state index contributed by atoms with van der Waals surface area (Å²) in [5.74, 6) is -0.0975. The second kappa shape index (κ2) is 15.6. The van der Waals surface area contributed by atoms with E-state index in [2.05, 4.69) is 26.0 Å². The Labute approximate surface area is 135 Å². The third-order valence-corrected chi connectivity index (χ3v) is 3.05. The Morgan fingerprint density at radius 3 is 1.95 bits per heavy atom. The topological polar surface area (TPSA) is 37.3 Å². The number of unbranched alkanes of at least 4 members (excludes halogenated alkanes) is 4. The van der Waals surface area contributed by atoms with Gasteiger partial charge in [-0.15, -0.1) is 0 Å². The average molecular weight is 302 g/mol. The number of carbonyl (C=O) groups is 1. The lowest BCUT2D eigenvalue weighted by atomic mass is 10.0. The Morgan fingerprint density at radius 2 is 1.36 bits per heavy atom. The fourth-order valence-corrected chi connectivity index (χ4v) is 1.87. The molecule has 22 heavy (non-hydrogen) atoms. The molecule has 0 radical (unpaired) electrons. The second-order valence-electron chi connectivity index (χ2n) is 5.67. The summed E-state index contributed by atoms with van der Waals surface area (Å²) in [5.41, 5.74) is 0. The van der Waals surface area contributed by atoms with E-state index in [1.54, 1.807) is 12.2 Å². The molecule has 122 valence electrons. The van der Waals surface area contributed by atoms with E-state index in [9.17, 15) is 4.79 Å². The molecule has 0 bridgehead atoms. The maximum absolute atomic E-state index is 10.2. The molecule has 0 spiro atoms. The third-order valence-electron chi connectivity index (χ3n) is 3.05. The minimum atomic E-state index is -0.932. The van der Waals surface area contributed by atoms with Crippen molar-refractivity contribution >= 4 is 5.97 Å². The molecule has 0 rings (SSSR count). The van der Waals surface area contributed by atoms with Gasteiger partial charge in [-0.3, -0.25) is 0 Å². The molecule has 0 aliphatic rings. The summed E-state index contributed by atoms with van der Waals surface area (Å²) in [6.45, 7) is 4.57. The van der Waals surface area contributed by atoms with E-state index >= 15 is 0 Å². The fourth-order valence-electron chi connectivity index (χ4n) is 1.87. The van der Waals surface area contributed by atoms with Gasteiger partial charge in [0, 0.05) is 6.08 Å². The number of hydrogen-bond donors (Lipinski definition) is 1. The molecule has 0 aliphatic heterocycles. The van der Waals surface area contributed by atoms with E-state index in [1.165, 1.54) is 38.2 Å². The Kier molecular flexibility index (Phi) is 14.3. The van der Waals surface area contributed by atoms with Crippen molar-refractivity contribution in [3.8, 4) is 0 Å². The van der Waals surface area contributed by atoms with E-state index in [-0.39, 0.29) is 0 Å². The van der Waals surface area contributed by atoms with Gasteiger partial charge in [-0.1, -0.05) is 94.2 Å². The van der Waals surface area contributed by atoms with E-state index in [1.807, 2.05) is 24.3 Å². The van der Waals surface area contributed by atoms with E-state index in [4.69, 9.17) is 5.11 Å². The minimum absolute atomic E-state index is 0.834. The quantitative estimate of drug-likeness (QED) is 0.279. The number of allylic oxidation sites excluding steroid dienone is 9. The van der Waals surface area contributed by atoms with Gasteiger partial charge in [-0.2, -0.15) is 0 Å². The molecule has 2 nitrogen and oxygen atoms in total. The van der Waals surface area contributed by atoms with Gasteiger partial charge in [0.05, 0.1) is 0 Å². The molecule has 0 saturated heterocycles. The average Bonchev–Trinajstić information content (AvgIpc) is 2.46. The molecule has 0 heterocycles. The molecule has 0 aliphatic carbocycles. The molecule has 2 heteroatoms. The van der Waals surface area contributed by atoms with Crippen molar-refractivity contribution in [1.82, 2.24) is 0 Å². The first-order valence-corrected chi connectivity index (χ1v) is 8.19. The molecule has 0 unspecified atom stereocenters. The highest BCUT2D eigenvalue weighted by molar-refractivity contribution is 5.80. The minimum Gasteiger partial charge on any atom is -0.478 e. The van der Waals surface area contributed by atoms with Gasteiger partial charge in [0.2, 0.25) is 0 Å². The molecule has 0 fully saturated rings. The number of carboxylic acids is 1. The number of rotatable bonds is 12. The molecular formula is C20H30O2. The van der Waals surface area contributed by atoms with Crippen LogP contribution in [0, 0.1) is 5.92 Å². The largest absolute Gasteiger partial charge is 0.478 e. The van der Waals surface area contributed by atoms with Gasteiger partial charge < -0.3 is 5.11 Å². The van der Waals surface area contributed by atoms with Crippen LogP contribution in [0.1, 0.15) is 52.4 Å². The fraction of sp³-hybridized carbons (Fsp3) is 0.450. The van der Waals surface area contributed by atoms with Crippen LogP contribution in [0.5, 0.6) is 0 Å². The van der Waals surface area contributed by atoms with Crippen molar-refractivity contribution in [2.75, 3.05) is 0 Å².